The summed E-state index contributed by atoms with van der Waals surface area (Å²) in [4.78, 5) is 0. The standard InChI is InChI=1S/C7H12N2/c1-5-2-3-6(5)7(9)4-8/h5-7H,2-3,9H2,1H3. The molecule has 2 N–H and O–H groups in total. The summed E-state index contributed by atoms with van der Waals surface area (Å²) < 4.78 is 0. The molecule has 1 rings (SSSR count). The Hall–Kier alpha value is -0.550. The first kappa shape index (κ1) is 6.57. The minimum absolute atomic E-state index is 0.214. The Labute approximate surface area is 55.7 Å². The number of nitrogens with two attached hydrogens (primary N) is 1. The van der Waals surface area contributed by atoms with Gasteiger partial charge < -0.3 is 5.73 Å². The Morgan fingerprint density at radius 1 is 1.67 bits per heavy atom. The van der Waals surface area contributed by atoms with Crippen LogP contribution in [-0.2, 0) is 0 Å². The molecule has 0 amide bonds. The van der Waals surface area contributed by atoms with Gasteiger partial charge in [-0.2, -0.15) is 5.26 Å². The van der Waals surface area contributed by atoms with Crippen LogP contribution in [0, 0.1) is 23.2 Å². The lowest BCUT2D eigenvalue weighted by Crippen LogP contribution is -2.38. The monoisotopic (exact) mass is 124 g/mol. The number of nitrogens with zero attached hydrogens (tertiary/aromatic N) is 1. The summed E-state index contributed by atoms with van der Waals surface area (Å²) >= 11 is 0. The summed E-state index contributed by atoms with van der Waals surface area (Å²) in [6.45, 7) is 2.16. The average Bonchev–Trinajstić information content (AvgIpc) is 1.84. The Bertz CT molecular complexity index is 136. The fraction of sp³-hybridized carbons (Fsp3) is 0.857. The van der Waals surface area contributed by atoms with Gasteiger partial charge in [0.15, 0.2) is 0 Å². The Morgan fingerprint density at radius 3 is 2.44 bits per heavy atom. The van der Waals surface area contributed by atoms with Crippen molar-refractivity contribution in [2.24, 2.45) is 17.6 Å². The van der Waals surface area contributed by atoms with Gasteiger partial charge in [0.05, 0.1) is 12.1 Å². The molecule has 0 bridgehead atoms. The predicted molar refractivity (Wildman–Crippen MR) is 35.5 cm³/mol. The van der Waals surface area contributed by atoms with Crippen molar-refractivity contribution in [3.63, 3.8) is 0 Å². The van der Waals surface area contributed by atoms with Crippen LogP contribution < -0.4 is 5.73 Å². The van der Waals surface area contributed by atoms with Gasteiger partial charge in [0, 0.05) is 0 Å². The summed E-state index contributed by atoms with van der Waals surface area (Å²) in [7, 11) is 0. The summed E-state index contributed by atoms with van der Waals surface area (Å²) in [5, 5.41) is 8.41. The van der Waals surface area contributed by atoms with Crippen molar-refractivity contribution in [2.45, 2.75) is 25.8 Å². The molecule has 0 aromatic heterocycles. The molecule has 1 aliphatic rings. The van der Waals surface area contributed by atoms with E-state index in [1.807, 2.05) is 0 Å². The number of rotatable bonds is 1. The molecule has 2 nitrogen and oxygen atoms in total. The molecule has 9 heavy (non-hydrogen) atoms. The van der Waals surface area contributed by atoms with Gasteiger partial charge >= 0.3 is 0 Å². The van der Waals surface area contributed by atoms with Gasteiger partial charge in [-0.05, 0) is 24.7 Å². The molecule has 0 aromatic rings. The van der Waals surface area contributed by atoms with Gasteiger partial charge in [0.25, 0.3) is 0 Å². The van der Waals surface area contributed by atoms with E-state index < -0.39 is 0 Å². The summed E-state index contributed by atoms with van der Waals surface area (Å²) in [6.07, 6.45) is 2.40. The molecule has 1 saturated carbocycles. The minimum Gasteiger partial charge on any atom is -0.316 e. The maximum absolute atomic E-state index is 8.41. The van der Waals surface area contributed by atoms with E-state index in [1.165, 1.54) is 6.42 Å². The van der Waals surface area contributed by atoms with Crippen LogP contribution in [-0.4, -0.2) is 6.04 Å². The van der Waals surface area contributed by atoms with Crippen molar-refractivity contribution in [3.05, 3.63) is 0 Å². The third-order valence-electron chi connectivity index (χ3n) is 2.30. The van der Waals surface area contributed by atoms with Crippen LogP contribution in [0.4, 0.5) is 0 Å². The lowest BCUT2D eigenvalue weighted by atomic mass is 9.71. The lowest BCUT2D eigenvalue weighted by Gasteiger charge is -2.35. The largest absolute Gasteiger partial charge is 0.316 e. The van der Waals surface area contributed by atoms with E-state index in [1.54, 1.807) is 0 Å². The van der Waals surface area contributed by atoms with Crippen LogP contribution in [0.2, 0.25) is 0 Å². The Balaban J connectivity index is 2.36. The smallest absolute Gasteiger partial charge is 0.0959 e. The van der Waals surface area contributed by atoms with Crippen molar-refractivity contribution < 1.29 is 0 Å². The fourth-order valence-electron chi connectivity index (χ4n) is 1.32. The van der Waals surface area contributed by atoms with Crippen molar-refractivity contribution in [1.82, 2.24) is 0 Å². The molecular weight excluding hydrogens is 112 g/mol. The first-order valence-electron chi connectivity index (χ1n) is 3.41. The van der Waals surface area contributed by atoms with Gasteiger partial charge in [0.2, 0.25) is 0 Å². The molecule has 0 radical (unpaired) electrons. The van der Waals surface area contributed by atoms with Gasteiger partial charge in [-0.3, -0.25) is 0 Å². The van der Waals surface area contributed by atoms with E-state index in [4.69, 9.17) is 11.0 Å². The zero-order chi connectivity index (χ0) is 6.85. The van der Waals surface area contributed by atoms with Crippen molar-refractivity contribution in [3.8, 4) is 6.07 Å². The zero-order valence-electron chi connectivity index (χ0n) is 5.67. The summed E-state index contributed by atoms with van der Waals surface area (Å²) in [5.74, 6) is 1.16. The van der Waals surface area contributed by atoms with Crippen molar-refractivity contribution in [1.29, 1.82) is 5.26 Å². The molecule has 1 fully saturated rings. The van der Waals surface area contributed by atoms with E-state index in [-0.39, 0.29) is 6.04 Å². The first-order chi connectivity index (χ1) is 4.25. The first-order valence-corrected chi connectivity index (χ1v) is 3.41. The molecule has 0 heterocycles. The Morgan fingerprint density at radius 2 is 2.33 bits per heavy atom. The topological polar surface area (TPSA) is 49.8 Å². The highest BCUT2D eigenvalue weighted by Crippen LogP contribution is 2.35. The number of hydrogen-bond acceptors (Lipinski definition) is 2. The molecular formula is C7H12N2. The van der Waals surface area contributed by atoms with Crippen LogP contribution in [0.25, 0.3) is 0 Å². The van der Waals surface area contributed by atoms with Crippen LogP contribution in [0.3, 0.4) is 0 Å². The van der Waals surface area contributed by atoms with E-state index in [0.717, 1.165) is 6.42 Å². The van der Waals surface area contributed by atoms with E-state index in [2.05, 4.69) is 13.0 Å². The van der Waals surface area contributed by atoms with Gasteiger partial charge in [-0.1, -0.05) is 6.92 Å². The molecule has 0 spiro atoms. The SMILES string of the molecule is CC1CCC1C(N)C#N. The van der Waals surface area contributed by atoms with Crippen LogP contribution in [0.1, 0.15) is 19.8 Å². The maximum atomic E-state index is 8.41. The fourth-order valence-corrected chi connectivity index (χ4v) is 1.32. The van der Waals surface area contributed by atoms with Crippen LogP contribution in [0.5, 0.6) is 0 Å². The van der Waals surface area contributed by atoms with E-state index in [0.29, 0.717) is 11.8 Å². The maximum Gasteiger partial charge on any atom is 0.0959 e. The molecule has 3 unspecified atom stereocenters. The molecule has 0 aliphatic heterocycles. The van der Waals surface area contributed by atoms with Crippen LogP contribution >= 0.6 is 0 Å². The quantitative estimate of drug-likeness (QED) is 0.564. The van der Waals surface area contributed by atoms with Gasteiger partial charge in [-0.25, -0.2) is 0 Å². The van der Waals surface area contributed by atoms with Crippen molar-refractivity contribution in [2.75, 3.05) is 0 Å². The predicted octanol–water partition coefficient (Wildman–Crippen LogP) is 0.883. The molecule has 50 valence electrons. The number of hydrogen-bond donors (Lipinski definition) is 1. The zero-order valence-corrected chi connectivity index (χ0v) is 5.67. The summed E-state index contributed by atoms with van der Waals surface area (Å²) in [5.41, 5.74) is 5.51. The number of nitriles is 1. The average molecular weight is 124 g/mol. The van der Waals surface area contributed by atoms with Gasteiger partial charge in [-0.15, -0.1) is 0 Å². The highest BCUT2D eigenvalue weighted by atomic mass is 14.7. The molecule has 1 aliphatic carbocycles. The third-order valence-corrected chi connectivity index (χ3v) is 2.30. The highest BCUT2D eigenvalue weighted by molar-refractivity contribution is 4.97. The third kappa shape index (κ3) is 1.06. The second-order valence-electron chi connectivity index (χ2n) is 2.87. The molecule has 0 saturated heterocycles. The summed E-state index contributed by atoms with van der Waals surface area (Å²) in [6, 6.07) is 1.86. The molecule has 0 aromatic carbocycles. The molecule has 3 atom stereocenters. The van der Waals surface area contributed by atoms with E-state index >= 15 is 0 Å². The van der Waals surface area contributed by atoms with Crippen LogP contribution in [0.15, 0.2) is 0 Å². The van der Waals surface area contributed by atoms with Crippen molar-refractivity contribution >= 4 is 0 Å². The second kappa shape index (κ2) is 2.36. The normalized spacial score (nSPS) is 36.6. The van der Waals surface area contributed by atoms with E-state index in [9.17, 15) is 0 Å². The Kier molecular flexibility index (Phi) is 1.73. The molecule has 2 heteroatoms. The second-order valence-corrected chi connectivity index (χ2v) is 2.87. The minimum atomic E-state index is -0.214. The lowest BCUT2D eigenvalue weighted by molar-refractivity contribution is 0.181. The van der Waals surface area contributed by atoms with Gasteiger partial charge in [0.1, 0.15) is 0 Å². The highest BCUT2D eigenvalue weighted by Gasteiger charge is 2.31.